The molecule has 64 heavy (non-hydrogen) atoms. The molecule has 322 valence electrons. The van der Waals surface area contributed by atoms with E-state index in [1.807, 2.05) is 0 Å². The van der Waals surface area contributed by atoms with Crippen LogP contribution < -0.4 is 18.9 Å². The molecule has 0 unspecified atom stereocenters. The van der Waals surface area contributed by atoms with E-state index in [9.17, 15) is 0 Å². The second kappa shape index (κ2) is 16.1. The maximum Gasteiger partial charge on any atom is 0.187 e. The van der Waals surface area contributed by atoms with Gasteiger partial charge in [-0.1, -0.05) is 48.5 Å². The molecule has 16 heteroatoms. The average molecular weight is 879 g/mol. The van der Waals surface area contributed by atoms with Crippen LogP contribution in [0.2, 0.25) is 0 Å². The smallest absolute Gasteiger partial charge is 0.187 e. The number of hydrogen-bond acceptors (Lipinski definition) is 6. The first-order valence-corrected chi connectivity index (χ1v) is 19.1. The molecule has 8 nitrogen and oxygen atoms in total. The molecular formula is C48H30F8N4O4. The quantitative estimate of drug-likeness (QED) is 0.148. The topological polar surface area (TPSA) is 94.3 Å². The third-order valence-electron chi connectivity index (χ3n) is 10.8. The number of rotatable bonds is 8. The van der Waals surface area contributed by atoms with Crippen molar-refractivity contribution >= 4 is 45.4 Å². The number of aromatic nitrogens is 4. The fourth-order valence-corrected chi connectivity index (χ4v) is 7.81. The van der Waals surface area contributed by atoms with Crippen LogP contribution in [0.25, 0.3) is 89.9 Å². The summed E-state index contributed by atoms with van der Waals surface area (Å²) in [6, 6.07) is 22.3. The Bertz CT molecular complexity index is 2910. The number of benzene rings is 4. The van der Waals surface area contributed by atoms with Gasteiger partial charge in [-0.3, -0.25) is 0 Å². The van der Waals surface area contributed by atoms with Gasteiger partial charge in [0, 0.05) is 22.3 Å². The summed E-state index contributed by atoms with van der Waals surface area (Å²) in [5.41, 5.74) is -9.65. The lowest BCUT2D eigenvalue weighted by molar-refractivity contribution is 0.415. The summed E-state index contributed by atoms with van der Waals surface area (Å²) < 4.78 is 157. The van der Waals surface area contributed by atoms with Crippen molar-refractivity contribution in [2.24, 2.45) is 0 Å². The van der Waals surface area contributed by atoms with Crippen LogP contribution in [0.4, 0.5) is 35.1 Å². The number of hydrogen-bond donors (Lipinski definition) is 2. The Kier molecular flexibility index (Phi) is 10.4. The summed E-state index contributed by atoms with van der Waals surface area (Å²) in [5.74, 6) is -12.9. The SMILES string of the molecule is COc1cccc(-c2c3nc(c(-c4cccc(OC)c4)c4[nH]c(c(F)c4F)c(-c4cccc(OC)c4)c4nc(c(-c5cccc(OC)c5)c5[nH]c2c(F)c5F)C(F)=C4F)C(F)=C3F)c1. The fraction of sp³-hybridized carbons (Fsp3) is 0.0833. The first kappa shape index (κ1) is 41.5. The van der Waals surface area contributed by atoms with Gasteiger partial charge in [0.1, 0.15) is 45.8 Å². The van der Waals surface area contributed by atoms with Gasteiger partial charge < -0.3 is 28.9 Å². The lowest BCUT2D eigenvalue weighted by Gasteiger charge is -2.09. The summed E-state index contributed by atoms with van der Waals surface area (Å²) in [6.07, 6.45) is 0. The van der Waals surface area contributed by atoms with Crippen molar-refractivity contribution in [2.45, 2.75) is 0 Å². The van der Waals surface area contributed by atoms with Crippen molar-refractivity contribution in [3.8, 4) is 67.5 Å². The number of aromatic amines is 2. The van der Waals surface area contributed by atoms with E-state index >= 15 is 35.1 Å². The molecule has 2 N–H and O–H groups in total. The summed E-state index contributed by atoms with van der Waals surface area (Å²) >= 11 is 0. The van der Waals surface area contributed by atoms with Crippen molar-refractivity contribution in [1.82, 2.24) is 19.9 Å². The monoisotopic (exact) mass is 878 g/mol. The van der Waals surface area contributed by atoms with Gasteiger partial charge >= 0.3 is 0 Å². The van der Waals surface area contributed by atoms with E-state index in [0.29, 0.717) is 0 Å². The molecule has 0 fully saturated rings. The van der Waals surface area contributed by atoms with Crippen LogP contribution in [0.5, 0.6) is 23.0 Å². The Morgan fingerprint density at radius 2 is 0.562 bits per heavy atom. The van der Waals surface area contributed by atoms with Crippen LogP contribution >= 0.6 is 0 Å². The zero-order valence-electron chi connectivity index (χ0n) is 33.8. The lowest BCUT2D eigenvalue weighted by Crippen LogP contribution is -1.93. The Labute approximate surface area is 357 Å². The van der Waals surface area contributed by atoms with Crippen LogP contribution in [-0.2, 0) is 0 Å². The average Bonchev–Trinajstić information content (AvgIpc) is 3.98. The molecule has 2 aliphatic rings. The molecule has 0 saturated carbocycles. The van der Waals surface area contributed by atoms with Gasteiger partial charge in [0.05, 0.1) is 50.5 Å². The maximum atomic E-state index is 16.9. The number of halogens is 8. The van der Waals surface area contributed by atoms with Gasteiger partial charge in [-0.15, -0.1) is 0 Å². The molecule has 0 radical (unpaired) electrons. The molecule has 0 saturated heterocycles. The molecule has 8 bridgehead atoms. The highest BCUT2D eigenvalue weighted by molar-refractivity contribution is 6.05. The van der Waals surface area contributed by atoms with Gasteiger partial charge in [0.2, 0.25) is 0 Å². The molecule has 0 spiro atoms. The summed E-state index contributed by atoms with van der Waals surface area (Å²) in [4.78, 5) is 13.8. The molecule has 0 amide bonds. The highest BCUT2D eigenvalue weighted by atomic mass is 19.2. The van der Waals surface area contributed by atoms with Crippen LogP contribution in [0.3, 0.4) is 0 Å². The van der Waals surface area contributed by atoms with Gasteiger partial charge in [-0.2, -0.15) is 0 Å². The molecule has 3 aromatic heterocycles. The van der Waals surface area contributed by atoms with Gasteiger partial charge in [0.25, 0.3) is 0 Å². The zero-order chi connectivity index (χ0) is 45.1. The first-order chi connectivity index (χ1) is 30.9. The van der Waals surface area contributed by atoms with Crippen molar-refractivity contribution < 1.29 is 54.1 Å². The number of nitrogens with zero attached hydrogens (tertiary/aromatic N) is 2. The van der Waals surface area contributed by atoms with Crippen molar-refractivity contribution in [3.63, 3.8) is 0 Å². The third kappa shape index (κ3) is 6.60. The molecule has 0 aliphatic carbocycles. The maximum absolute atomic E-state index is 16.9. The number of nitrogens with one attached hydrogen (secondary N) is 2. The standard InChI is InChI=1S/C48H30F8N4O4/c1-61-25-13-5-9-21(17-25)29-41-33(49)35(51)43(57-41)30(22-10-6-14-26(18-22)62-2)45-37(53)39(55)47(59-45)32(24-12-8-16-28(20-24)64-4)48-40(56)38(54)46(60-48)31(23-11-7-15-27(19-23)63-3)44-36(52)34(50)42(29)58-44/h5-20,57,60H,1-4H3. The highest BCUT2D eigenvalue weighted by Gasteiger charge is 2.35. The van der Waals surface area contributed by atoms with Gasteiger partial charge in [-0.05, 0) is 70.8 Å². The summed E-state index contributed by atoms with van der Waals surface area (Å²) in [6.45, 7) is 0. The molecule has 9 rings (SSSR count). The Morgan fingerprint density at radius 1 is 0.344 bits per heavy atom. The van der Waals surface area contributed by atoms with Crippen LogP contribution in [0.15, 0.2) is 97.1 Å². The minimum Gasteiger partial charge on any atom is -0.497 e. The molecule has 2 aliphatic heterocycles. The fourth-order valence-electron chi connectivity index (χ4n) is 7.81. The number of methoxy groups -OCH3 is 4. The Hall–Kier alpha value is -7.88. The van der Waals surface area contributed by atoms with E-state index in [1.54, 1.807) is 0 Å². The molecule has 7 aromatic rings. The predicted octanol–water partition coefficient (Wildman–Crippen LogP) is 13.1. The number of fused-ring (bicyclic) bond motifs is 8. The number of ether oxygens (including phenoxy) is 4. The number of H-pyrrole nitrogens is 2. The minimum atomic E-state index is -1.70. The van der Waals surface area contributed by atoms with Crippen LogP contribution in [-0.4, -0.2) is 48.4 Å². The van der Waals surface area contributed by atoms with E-state index in [2.05, 4.69) is 19.9 Å². The van der Waals surface area contributed by atoms with E-state index in [-0.39, 0.29) is 45.3 Å². The lowest BCUT2D eigenvalue weighted by atomic mass is 10.0. The molecule has 4 aromatic carbocycles. The Balaban J connectivity index is 1.62. The zero-order valence-corrected chi connectivity index (χ0v) is 33.8. The second-order valence-corrected chi connectivity index (χ2v) is 14.3. The minimum absolute atomic E-state index is 0.0937. The first-order valence-electron chi connectivity index (χ1n) is 19.1. The van der Waals surface area contributed by atoms with E-state index < -0.39 is 114 Å². The van der Waals surface area contributed by atoms with Crippen molar-refractivity contribution in [3.05, 3.63) is 143 Å². The normalized spacial score (nSPS) is 12.6. The second-order valence-electron chi connectivity index (χ2n) is 14.3. The summed E-state index contributed by atoms with van der Waals surface area (Å²) in [5, 5.41) is 0. The van der Waals surface area contributed by atoms with Crippen molar-refractivity contribution in [2.75, 3.05) is 28.4 Å². The van der Waals surface area contributed by atoms with Crippen LogP contribution in [0, 0.1) is 23.3 Å². The molecular weight excluding hydrogens is 849 g/mol. The van der Waals surface area contributed by atoms with E-state index in [1.165, 1.54) is 126 Å². The van der Waals surface area contributed by atoms with E-state index in [4.69, 9.17) is 18.9 Å². The largest absolute Gasteiger partial charge is 0.497 e. The van der Waals surface area contributed by atoms with Crippen molar-refractivity contribution in [1.29, 1.82) is 0 Å². The van der Waals surface area contributed by atoms with Gasteiger partial charge in [-0.25, -0.2) is 45.1 Å². The molecule has 0 atom stereocenters. The van der Waals surface area contributed by atoms with Crippen LogP contribution in [0.1, 0.15) is 22.8 Å². The third-order valence-corrected chi connectivity index (χ3v) is 10.8. The van der Waals surface area contributed by atoms with E-state index in [0.717, 1.165) is 0 Å². The highest BCUT2D eigenvalue weighted by Crippen LogP contribution is 2.48. The molecule has 5 heterocycles. The predicted molar refractivity (Wildman–Crippen MR) is 227 cm³/mol. The Morgan fingerprint density at radius 3 is 0.766 bits per heavy atom. The summed E-state index contributed by atoms with van der Waals surface area (Å²) in [7, 11) is 5.24. The van der Waals surface area contributed by atoms with Gasteiger partial charge in [0.15, 0.2) is 46.6 Å².